The Hall–Kier alpha value is -2.33. The summed E-state index contributed by atoms with van der Waals surface area (Å²) < 4.78 is 5.38. The van der Waals surface area contributed by atoms with Crippen LogP contribution in [0.3, 0.4) is 0 Å². The van der Waals surface area contributed by atoms with E-state index in [1.54, 1.807) is 7.11 Å². The number of fused-ring (bicyclic) bond motifs is 1. The van der Waals surface area contributed by atoms with Crippen LogP contribution < -0.4 is 10.1 Å². The van der Waals surface area contributed by atoms with E-state index >= 15 is 0 Å². The average Bonchev–Trinajstić information content (AvgIpc) is 2.47. The number of methoxy groups -OCH3 is 1. The van der Waals surface area contributed by atoms with Gasteiger partial charge in [-0.3, -0.25) is 0 Å². The van der Waals surface area contributed by atoms with Crippen LogP contribution in [0.1, 0.15) is 0 Å². The lowest BCUT2D eigenvalue weighted by Crippen LogP contribution is -1.98. The Morgan fingerprint density at radius 2 is 1.80 bits per heavy atom. The number of nitrogens with zero attached hydrogens (tertiary/aromatic N) is 2. The molecular formula is C15H12ClN3O. The van der Waals surface area contributed by atoms with Crippen molar-refractivity contribution in [1.82, 2.24) is 9.97 Å². The topological polar surface area (TPSA) is 47.0 Å². The number of benzene rings is 2. The summed E-state index contributed by atoms with van der Waals surface area (Å²) >= 11 is 5.98. The minimum atomic E-state index is 0.198. The highest BCUT2D eigenvalue weighted by molar-refractivity contribution is 6.29. The third kappa shape index (κ3) is 2.38. The number of ether oxygens (including phenoxy) is 1. The van der Waals surface area contributed by atoms with Crippen molar-refractivity contribution in [2.75, 3.05) is 12.4 Å². The first kappa shape index (κ1) is 12.7. The molecule has 0 aliphatic carbocycles. The number of aromatic nitrogens is 2. The fourth-order valence-corrected chi connectivity index (χ4v) is 2.22. The van der Waals surface area contributed by atoms with Gasteiger partial charge in [0.15, 0.2) is 0 Å². The molecule has 0 saturated carbocycles. The standard InChI is InChI=1S/C15H12ClN3O/c1-20-12-9-5-8-11-13(12)14(19-15(16)18-11)17-10-6-3-2-4-7-10/h2-9H,1H3,(H,17,18,19). The largest absolute Gasteiger partial charge is 0.496 e. The van der Waals surface area contributed by atoms with E-state index in [-0.39, 0.29) is 5.28 Å². The summed E-state index contributed by atoms with van der Waals surface area (Å²) in [4.78, 5) is 8.49. The van der Waals surface area contributed by atoms with E-state index in [9.17, 15) is 0 Å². The molecule has 1 aromatic heterocycles. The van der Waals surface area contributed by atoms with E-state index in [0.717, 1.165) is 16.6 Å². The molecule has 3 aromatic rings. The molecule has 0 saturated heterocycles. The van der Waals surface area contributed by atoms with Gasteiger partial charge in [-0.05, 0) is 35.9 Å². The van der Waals surface area contributed by atoms with Gasteiger partial charge in [-0.15, -0.1) is 0 Å². The molecular weight excluding hydrogens is 274 g/mol. The number of para-hydroxylation sites is 1. The Morgan fingerprint density at radius 3 is 2.55 bits per heavy atom. The smallest absolute Gasteiger partial charge is 0.224 e. The van der Waals surface area contributed by atoms with Gasteiger partial charge in [0.1, 0.15) is 11.6 Å². The molecule has 0 radical (unpaired) electrons. The lowest BCUT2D eigenvalue weighted by atomic mass is 10.2. The van der Waals surface area contributed by atoms with Gasteiger partial charge in [-0.25, -0.2) is 4.98 Å². The van der Waals surface area contributed by atoms with E-state index < -0.39 is 0 Å². The number of anilines is 2. The first-order valence-corrected chi connectivity index (χ1v) is 6.48. The third-order valence-corrected chi connectivity index (χ3v) is 3.08. The quantitative estimate of drug-likeness (QED) is 0.738. The Bertz CT molecular complexity index is 747. The summed E-state index contributed by atoms with van der Waals surface area (Å²) in [6.45, 7) is 0. The molecule has 4 nitrogen and oxygen atoms in total. The molecule has 20 heavy (non-hydrogen) atoms. The minimum absolute atomic E-state index is 0.198. The van der Waals surface area contributed by atoms with Crippen LogP contribution in [0.25, 0.3) is 10.9 Å². The Kier molecular flexibility index (Phi) is 3.39. The highest BCUT2D eigenvalue weighted by Gasteiger charge is 2.11. The van der Waals surface area contributed by atoms with Crippen molar-refractivity contribution in [1.29, 1.82) is 0 Å². The maximum Gasteiger partial charge on any atom is 0.224 e. The van der Waals surface area contributed by atoms with Crippen LogP contribution >= 0.6 is 11.6 Å². The molecule has 5 heteroatoms. The zero-order valence-electron chi connectivity index (χ0n) is 10.8. The lowest BCUT2D eigenvalue weighted by Gasteiger charge is -2.11. The van der Waals surface area contributed by atoms with E-state index in [1.807, 2.05) is 48.5 Å². The summed E-state index contributed by atoms with van der Waals surface area (Å²) in [5.74, 6) is 1.33. The molecule has 0 bridgehead atoms. The first-order valence-electron chi connectivity index (χ1n) is 6.10. The summed E-state index contributed by atoms with van der Waals surface area (Å²) in [6, 6.07) is 15.4. The van der Waals surface area contributed by atoms with Gasteiger partial charge < -0.3 is 10.1 Å². The predicted molar refractivity (Wildman–Crippen MR) is 80.8 cm³/mol. The van der Waals surface area contributed by atoms with Crippen molar-refractivity contribution in [3.05, 3.63) is 53.8 Å². The second-order valence-electron chi connectivity index (χ2n) is 4.19. The minimum Gasteiger partial charge on any atom is -0.496 e. The average molecular weight is 286 g/mol. The molecule has 0 spiro atoms. The zero-order valence-corrected chi connectivity index (χ0v) is 11.6. The fourth-order valence-electron chi connectivity index (χ4n) is 2.04. The van der Waals surface area contributed by atoms with Crippen LogP contribution in [-0.4, -0.2) is 17.1 Å². The molecule has 0 aliphatic rings. The maximum atomic E-state index is 5.98. The maximum absolute atomic E-state index is 5.98. The fraction of sp³-hybridized carbons (Fsp3) is 0.0667. The van der Waals surface area contributed by atoms with Crippen LogP contribution in [-0.2, 0) is 0 Å². The Morgan fingerprint density at radius 1 is 1.00 bits per heavy atom. The van der Waals surface area contributed by atoms with Gasteiger partial charge in [0.05, 0.1) is 18.0 Å². The van der Waals surface area contributed by atoms with Crippen LogP contribution in [0, 0.1) is 0 Å². The van der Waals surface area contributed by atoms with Crippen molar-refractivity contribution >= 4 is 34.0 Å². The van der Waals surface area contributed by atoms with Crippen molar-refractivity contribution in [3.63, 3.8) is 0 Å². The molecule has 100 valence electrons. The van der Waals surface area contributed by atoms with Crippen LogP contribution in [0.15, 0.2) is 48.5 Å². The molecule has 1 N–H and O–H groups in total. The van der Waals surface area contributed by atoms with Crippen molar-refractivity contribution in [3.8, 4) is 5.75 Å². The zero-order chi connectivity index (χ0) is 13.9. The van der Waals surface area contributed by atoms with Crippen molar-refractivity contribution < 1.29 is 4.74 Å². The van der Waals surface area contributed by atoms with Crippen LogP contribution in [0.4, 0.5) is 11.5 Å². The second-order valence-corrected chi connectivity index (χ2v) is 4.52. The number of nitrogens with one attached hydrogen (secondary N) is 1. The molecule has 0 amide bonds. The molecule has 0 unspecified atom stereocenters. The third-order valence-electron chi connectivity index (χ3n) is 2.91. The molecule has 3 rings (SSSR count). The molecule has 0 atom stereocenters. The van der Waals surface area contributed by atoms with Crippen molar-refractivity contribution in [2.45, 2.75) is 0 Å². The SMILES string of the molecule is COc1cccc2nc(Cl)nc(Nc3ccccc3)c12. The van der Waals surface area contributed by atoms with E-state index in [2.05, 4.69) is 15.3 Å². The van der Waals surface area contributed by atoms with Gasteiger partial charge in [0, 0.05) is 5.69 Å². The van der Waals surface area contributed by atoms with Crippen LogP contribution in [0.5, 0.6) is 5.75 Å². The van der Waals surface area contributed by atoms with Crippen molar-refractivity contribution in [2.24, 2.45) is 0 Å². The molecule has 0 fully saturated rings. The number of halogens is 1. The highest BCUT2D eigenvalue weighted by atomic mass is 35.5. The Balaban J connectivity index is 2.18. The number of hydrogen-bond donors (Lipinski definition) is 1. The summed E-state index contributed by atoms with van der Waals surface area (Å²) in [6.07, 6.45) is 0. The number of rotatable bonds is 3. The molecule has 2 aromatic carbocycles. The van der Waals surface area contributed by atoms with E-state index in [1.165, 1.54) is 0 Å². The van der Waals surface area contributed by atoms with Gasteiger partial charge in [-0.2, -0.15) is 4.98 Å². The predicted octanol–water partition coefficient (Wildman–Crippen LogP) is 4.04. The summed E-state index contributed by atoms with van der Waals surface area (Å²) in [5.41, 5.74) is 1.66. The van der Waals surface area contributed by atoms with Gasteiger partial charge in [0.2, 0.25) is 5.28 Å². The summed E-state index contributed by atoms with van der Waals surface area (Å²) in [5, 5.41) is 4.25. The highest BCUT2D eigenvalue weighted by Crippen LogP contribution is 2.32. The number of hydrogen-bond acceptors (Lipinski definition) is 4. The van der Waals surface area contributed by atoms with Crippen LogP contribution in [0.2, 0.25) is 5.28 Å². The van der Waals surface area contributed by atoms with Gasteiger partial charge in [0.25, 0.3) is 0 Å². The van der Waals surface area contributed by atoms with E-state index in [0.29, 0.717) is 11.6 Å². The molecule has 0 aliphatic heterocycles. The molecule has 1 heterocycles. The summed E-state index contributed by atoms with van der Waals surface area (Å²) in [7, 11) is 1.62. The second kappa shape index (κ2) is 5.35. The first-order chi connectivity index (χ1) is 9.78. The monoisotopic (exact) mass is 285 g/mol. The van der Waals surface area contributed by atoms with E-state index in [4.69, 9.17) is 16.3 Å². The normalized spacial score (nSPS) is 10.5. The lowest BCUT2D eigenvalue weighted by molar-refractivity contribution is 0.420. The van der Waals surface area contributed by atoms with Gasteiger partial charge in [-0.1, -0.05) is 24.3 Å². The Labute approximate surface area is 121 Å². The van der Waals surface area contributed by atoms with Gasteiger partial charge >= 0.3 is 0 Å².